The van der Waals surface area contributed by atoms with Crippen LogP contribution >= 0.6 is 9.90 Å². The molecule has 0 nitrogen and oxygen atoms in total. The van der Waals surface area contributed by atoms with E-state index in [1.165, 1.54) is 96.3 Å². The van der Waals surface area contributed by atoms with Gasteiger partial charge in [0.1, 0.15) is 0 Å². The van der Waals surface area contributed by atoms with Gasteiger partial charge in [0.25, 0.3) is 0 Å². The van der Waals surface area contributed by atoms with Crippen LogP contribution in [-0.4, -0.2) is 0 Å². The van der Waals surface area contributed by atoms with Crippen molar-refractivity contribution in [2.24, 2.45) is 0 Å². The van der Waals surface area contributed by atoms with Gasteiger partial charge in [0.15, 0.2) is 0 Å². The summed E-state index contributed by atoms with van der Waals surface area (Å²) in [4.78, 5) is 0. The zero-order valence-corrected chi connectivity index (χ0v) is 16.4. The van der Waals surface area contributed by atoms with Gasteiger partial charge in [-0.3, -0.25) is 0 Å². The molecule has 0 amide bonds. The summed E-state index contributed by atoms with van der Waals surface area (Å²) >= 11 is 0. The summed E-state index contributed by atoms with van der Waals surface area (Å²) in [5.74, 6) is 0. The van der Waals surface area contributed by atoms with Crippen molar-refractivity contribution < 1.29 is 19.5 Å². The van der Waals surface area contributed by atoms with Crippen LogP contribution in [0.25, 0.3) is 0 Å². The predicted octanol–water partition coefficient (Wildman–Crippen LogP) is 6.52. The molecule has 0 aromatic heterocycles. The van der Waals surface area contributed by atoms with Crippen LogP contribution in [0.3, 0.4) is 0 Å². The van der Waals surface area contributed by atoms with Crippen LogP contribution in [0, 0.1) is 19.3 Å². The Balaban J connectivity index is 0. The van der Waals surface area contributed by atoms with Gasteiger partial charge in [-0.2, -0.15) is 48.4 Å². The Hall–Kier alpha value is 1.05. The number of rotatable bonds is 0. The molecule has 3 saturated carbocycles. The van der Waals surface area contributed by atoms with Crippen LogP contribution in [0.15, 0.2) is 0 Å². The summed E-state index contributed by atoms with van der Waals surface area (Å²) in [6.45, 7) is 0. The first-order valence-corrected chi connectivity index (χ1v) is 8.45. The standard InChI is InChI=1S/3C6H11.H3P.Rh/c3*1-2-4-6-5-3-1;;/h3*1H,2-6H2;1H3;/q3*-1;;+3. The summed E-state index contributed by atoms with van der Waals surface area (Å²) in [5.41, 5.74) is 0. The summed E-state index contributed by atoms with van der Waals surface area (Å²) < 4.78 is 0. The van der Waals surface area contributed by atoms with Gasteiger partial charge in [0, 0.05) is 0 Å². The molecular formula is C18H36PRh. The molecule has 0 N–H and O–H groups in total. The summed E-state index contributed by atoms with van der Waals surface area (Å²) in [7, 11) is 0. The Morgan fingerprint density at radius 1 is 0.350 bits per heavy atom. The zero-order chi connectivity index (χ0) is 12.7. The smallest absolute Gasteiger partial charge is 0.328 e. The molecule has 0 spiro atoms. The largest absolute Gasteiger partial charge is 3.00 e. The first-order chi connectivity index (χ1) is 9.00. The van der Waals surface area contributed by atoms with E-state index in [-0.39, 0.29) is 29.4 Å². The van der Waals surface area contributed by atoms with Gasteiger partial charge < -0.3 is 19.3 Å². The molecule has 1 atom stereocenters. The average Bonchev–Trinajstić information content (AvgIpc) is 2.54. The maximum Gasteiger partial charge on any atom is 3.00 e. The van der Waals surface area contributed by atoms with Gasteiger partial charge in [-0.05, 0) is 0 Å². The second kappa shape index (κ2) is 20.1. The van der Waals surface area contributed by atoms with Crippen LogP contribution < -0.4 is 0 Å². The van der Waals surface area contributed by atoms with Gasteiger partial charge in [0.2, 0.25) is 0 Å². The molecule has 0 bridgehead atoms. The van der Waals surface area contributed by atoms with E-state index < -0.39 is 0 Å². The first kappa shape index (κ1) is 23.3. The molecule has 20 heavy (non-hydrogen) atoms. The first-order valence-electron chi connectivity index (χ1n) is 8.45. The quantitative estimate of drug-likeness (QED) is 0.253. The fourth-order valence-corrected chi connectivity index (χ4v) is 2.70. The fraction of sp³-hybridized carbons (Fsp3) is 0.833. The fourth-order valence-electron chi connectivity index (χ4n) is 2.70. The van der Waals surface area contributed by atoms with Crippen LogP contribution in [-0.2, 0) is 19.5 Å². The van der Waals surface area contributed by atoms with Crippen molar-refractivity contribution in [2.75, 3.05) is 0 Å². The van der Waals surface area contributed by atoms with Gasteiger partial charge in [-0.25, -0.2) is 0 Å². The normalized spacial score (nSPS) is 21.6. The Kier molecular flexibility index (Phi) is 23.4. The minimum Gasteiger partial charge on any atom is -0.328 e. The maximum absolute atomic E-state index is 2.39. The van der Waals surface area contributed by atoms with Crippen LogP contribution in [0.5, 0.6) is 0 Å². The van der Waals surface area contributed by atoms with Crippen molar-refractivity contribution in [3.05, 3.63) is 19.3 Å². The molecule has 3 aliphatic carbocycles. The molecular weight excluding hydrogens is 350 g/mol. The van der Waals surface area contributed by atoms with E-state index in [9.17, 15) is 0 Å². The zero-order valence-electron chi connectivity index (χ0n) is 13.4. The molecule has 0 aromatic carbocycles. The second-order valence-corrected chi connectivity index (χ2v) is 5.78. The topological polar surface area (TPSA) is 0 Å². The third-order valence-electron chi connectivity index (χ3n) is 3.95. The maximum atomic E-state index is 2.39. The number of hydrogen-bond acceptors (Lipinski definition) is 0. The third kappa shape index (κ3) is 17.1. The van der Waals surface area contributed by atoms with E-state index in [0.717, 1.165) is 0 Å². The van der Waals surface area contributed by atoms with Gasteiger partial charge in [-0.1, -0.05) is 57.8 Å². The van der Waals surface area contributed by atoms with Crippen molar-refractivity contribution in [1.82, 2.24) is 0 Å². The molecule has 2 heteroatoms. The molecule has 0 aromatic rings. The molecule has 0 saturated heterocycles. The van der Waals surface area contributed by atoms with E-state index in [0.29, 0.717) is 0 Å². The molecule has 3 rings (SSSR count). The molecule has 0 aliphatic heterocycles. The molecule has 0 heterocycles. The van der Waals surface area contributed by atoms with Gasteiger partial charge in [0.05, 0.1) is 0 Å². The van der Waals surface area contributed by atoms with Crippen molar-refractivity contribution in [3.8, 4) is 0 Å². The minimum atomic E-state index is 0. The van der Waals surface area contributed by atoms with E-state index in [2.05, 4.69) is 19.3 Å². The second-order valence-electron chi connectivity index (χ2n) is 5.78. The molecule has 3 aliphatic rings. The van der Waals surface area contributed by atoms with Crippen molar-refractivity contribution in [2.45, 2.75) is 96.3 Å². The van der Waals surface area contributed by atoms with E-state index in [1.54, 1.807) is 0 Å². The Labute approximate surface area is 145 Å². The van der Waals surface area contributed by atoms with Crippen LogP contribution in [0.4, 0.5) is 0 Å². The molecule has 3 fully saturated rings. The summed E-state index contributed by atoms with van der Waals surface area (Å²) in [6.07, 6.45) is 28.5. The predicted molar refractivity (Wildman–Crippen MR) is 93.3 cm³/mol. The van der Waals surface area contributed by atoms with E-state index in [1.807, 2.05) is 0 Å². The van der Waals surface area contributed by atoms with Crippen molar-refractivity contribution in [1.29, 1.82) is 0 Å². The average molecular weight is 386 g/mol. The van der Waals surface area contributed by atoms with E-state index in [4.69, 9.17) is 0 Å². The van der Waals surface area contributed by atoms with Crippen LogP contribution in [0.2, 0.25) is 0 Å². The Morgan fingerprint density at radius 3 is 0.600 bits per heavy atom. The van der Waals surface area contributed by atoms with Gasteiger partial charge in [-0.15, -0.1) is 0 Å². The van der Waals surface area contributed by atoms with Crippen molar-refractivity contribution >= 4 is 9.90 Å². The van der Waals surface area contributed by atoms with Crippen molar-refractivity contribution in [3.63, 3.8) is 0 Å². The SMILES string of the molecule is P.[CH-]1CCCCC1.[CH-]1CCCCC1.[CH-]1CCCCC1.[Rh+3]. The monoisotopic (exact) mass is 386 g/mol. The summed E-state index contributed by atoms with van der Waals surface area (Å²) in [6, 6.07) is 0. The third-order valence-corrected chi connectivity index (χ3v) is 3.95. The number of hydrogen-bond donors (Lipinski definition) is 0. The Morgan fingerprint density at radius 2 is 0.550 bits per heavy atom. The van der Waals surface area contributed by atoms with Crippen LogP contribution in [0.1, 0.15) is 96.3 Å². The van der Waals surface area contributed by atoms with E-state index >= 15 is 0 Å². The molecule has 1 unspecified atom stereocenters. The summed E-state index contributed by atoms with van der Waals surface area (Å²) in [5, 5.41) is 0. The molecule has 0 radical (unpaired) electrons. The van der Waals surface area contributed by atoms with Gasteiger partial charge >= 0.3 is 19.5 Å². The minimum absolute atomic E-state index is 0. The molecule has 122 valence electrons. The Bertz CT molecular complexity index is 86.4.